The molecule has 0 aliphatic heterocycles. The maximum Gasteiger partial charge on any atom is 0.475 e. The van der Waals surface area contributed by atoms with E-state index in [2.05, 4.69) is 31.9 Å². The highest BCUT2D eigenvalue weighted by Gasteiger charge is 2.38. The molecule has 0 saturated heterocycles. The van der Waals surface area contributed by atoms with Crippen molar-refractivity contribution in [3.8, 4) is 0 Å². The van der Waals surface area contributed by atoms with Gasteiger partial charge in [0.15, 0.2) is 5.01 Å². The first kappa shape index (κ1) is 16.6. The first-order valence-electron chi connectivity index (χ1n) is 4.03. The maximum absolute atomic E-state index is 11.8. The van der Waals surface area contributed by atoms with E-state index in [0.29, 0.717) is 0 Å². The topological polar surface area (TPSA) is 44.8 Å². The van der Waals surface area contributed by atoms with Crippen molar-refractivity contribution in [1.29, 1.82) is 0 Å². The lowest BCUT2D eigenvalue weighted by Crippen LogP contribution is -2.21. The fraction of sp³-hybridized carbons (Fsp3) is 1.00. The van der Waals surface area contributed by atoms with Crippen LogP contribution in [0.25, 0.3) is 0 Å². The fourth-order valence-electron chi connectivity index (χ4n) is 0.587. The molecule has 4 nitrogen and oxygen atoms in total. The predicted molar refractivity (Wildman–Crippen MR) is 68.0 cm³/mol. The molecule has 9 heteroatoms. The Balaban J connectivity index is 4.48. The Hall–Kier alpha value is 1.65. The molecule has 0 saturated carbocycles. The molecular weight excluding hydrogens is 398 g/mol. The van der Waals surface area contributed by atoms with Gasteiger partial charge in [-0.3, -0.25) is 13.6 Å². The smallest absolute Gasteiger partial charge is 0.287 e. The third kappa shape index (κ3) is 6.84. The maximum atomic E-state index is 11.8. The average Bonchev–Trinajstić information content (AvgIpc) is 2.02. The van der Waals surface area contributed by atoms with Gasteiger partial charge in [-0.1, -0.05) is 39.1 Å². The van der Waals surface area contributed by atoms with Crippen LogP contribution in [0.15, 0.2) is 0 Å². The van der Waals surface area contributed by atoms with Crippen LogP contribution in [0.3, 0.4) is 0 Å². The number of alkyl halides is 4. The summed E-state index contributed by atoms with van der Waals surface area (Å²) < 4.78 is 25.2. The summed E-state index contributed by atoms with van der Waals surface area (Å²) in [6.07, 6.45) is 0. The van der Waals surface area contributed by atoms with E-state index in [1.807, 2.05) is 0 Å². The SMILES string of the molecule is CCOP(=O)(OCC)OC(Br)C(Cl)(Cl)Br. The monoisotopic (exact) mass is 406 g/mol. The van der Waals surface area contributed by atoms with Crippen molar-refractivity contribution in [2.24, 2.45) is 0 Å². The Morgan fingerprint density at radius 2 is 1.73 bits per heavy atom. The highest BCUT2D eigenvalue weighted by atomic mass is 79.9. The van der Waals surface area contributed by atoms with E-state index in [9.17, 15) is 4.57 Å². The molecular formula is C6H11Br2Cl2O4P. The van der Waals surface area contributed by atoms with Gasteiger partial charge in [-0.2, -0.15) is 0 Å². The van der Waals surface area contributed by atoms with Crippen LogP contribution >= 0.6 is 62.9 Å². The fourth-order valence-corrected chi connectivity index (χ4v) is 2.87. The minimum atomic E-state index is -3.62. The van der Waals surface area contributed by atoms with Crippen molar-refractivity contribution in [2.75, 3.05) is 13.2 Å². The van der Waals surface area contributed by atoms with E-state index >= 15 is 0 Å². The van der Waals surface area contributed by atoms with E-state index in [4.69, 9.17) is 36.8 Å². The highest BCUT2D eigenvalue weighted by Crippen LogP contribution is 2.54. The lowest BCUT2D eigenvalue weighted by Gasteiger charge is -2.23. The minimum Gasteiger partial charge on any atom is -0.287 e. The number of hydrogen-bond donors (Lipinski definition) is 0. The van der Waals surface area contributed by atoms with Crippen molar-refractivity contribution >= 4 is 62.9 Å². The zero-order valence-corrected chi connectivity index (χ0v) is 13.7. The zero-order valence-electron chi connectivity index (χ0n) is 8.08. The van der Waals surface area contributed by atoms with Gasteiger partial charge in [0.2, 0.25) is 3.24 Å². The van der Waals surface area contributed by atoms with E-state index in [0.717, 1.165) is 0 Å². The lowest BCUT2D eigenvalue weighted by atomic mass is 10.9. The second-order valence-corrected chi connectivity index (χ2v) is 8.25. The van der Waals surface area contributed by atoms with Crippen LogP contribution in [-0.4, -0.2) is 21.5 Å². The summed E-state index contributed by atoms with van der Waals surface area (Å²) in [6, 6.07) is 0. The van der Waals surface area contributed by atoms with Crippen LogP contribution < -0.4 is 0 Å². The van der Waals surface area contributed by atoms with Crippen LogP contribution in [0.1, 0.15) is 13.8 Å². The first-order chi connectivity index (χ1) is 6.75. The molecule has 0 aromatic rings. The largest absolute Gasteiger partial charge is 0.475 e. The Labute approximate surface area is 116 Å². The normalized spacial score (nSPS) is 15.3. The van der Waals surface area contributed by atoms with Gasteiger partial charge in [-0.15, -0.1) is 0 Å². The summed E-state index contributed by atoms with van der Waals surface area (Å²) in [6.45, 7) is 3.72. The van der Waals surface area contributed by atoms with Crippen molar-refractivity contribution in [1.82, 2.24) is 0 Å². The minimum absolute atomic E-state index is 0.191. The Morgan fingerprint density at radius 3 is 2.00 bits per heavy atom. The summed E-state index contributed by atoms with van der Waals surface area (Å²) in [5, 5.41) is -0.933. The molecule has 92 valence electrons. The van der Waals surface area contributed by atoms with Crippen molar-refractivity contribution < 1.29 is 18.1 Å². The summed E-state index contributed by atoms with van der Waals surface area (Å²) in [5.74, 6) is 0. The molecule has 0 N–H and O–H groups in total. The van der Waals surface area contributed by atoms with Crippen LogP contribution in [0.2, 0.25) is 0 Å². The average molecular weight is 409 g/mol. The molecule has 0 aromatic carbocycles. The predicted octanol–water partition coefficient (Wildman–Crippen LogP) is 4.43. The standard InChI is InChI=1S/C6H11Br2Cl2O4P/c1-3-12-15(11,13-4-2)14-5(7)6(8,9)10/h5H,3-4H2,1-2H3. The second-order valence-electron chi connectivity index (χ2n) is 2.25. The van der Waals surface area contributed by atoms with E-state index in [1.165, 1.54) is 0 Å². The van der Waals surface area contributed by atoms with Crippen molar-refractivity contribution in [2.45, 2.75) is 22.1 Å². The summed E-state index contributed by atoms with van der Waals surface area (Å²) in [5.41, 5.74) is 0. The number of halogens is 4. The molecule has 0 amide bonds. The molecule has 0 fully saturated rings. The Bertz CT molecular complexity index is 226. The number of rotatable bonds is 7. The summed E-state index contributed by atoms with van der Waals surface area (Å²) in [7, 11) is -3.62. The molecule has 0 heterocycles. The van der Waals surface area contributed by atoms with Crippen molar-refractivity contribution in [3.05, 3.63) is 0 Å². The lowest BCUT2D eigenvalue weighted by molar-refractivity contribution is 0.116. The summed E-state index contributed by atoms with van der Waals surface area (Å²) in [4.78, 5) is 0. The molecule has 0 aromatic heterocycles. The number of hydrogen-bond acceptors (Lipinski definition) is 4. The summed E-state index contributed by atoms with van der Waals surface area (Å²) >= 11 is 17.3. The molecule has 0 bridgehead atoms. The second kappa shape index (κ2) is 7.17. The van der Waals surface area contributed by atoms with E-state index in [1.54, 1.807) is 13.8 Å². The van der Waals surface area contributed by atoms with Gasteiger partial charge in [0, 0.05) is 0 Å². The van der Waals surface area contributed by atoms with Crippen molar-refractivity contribution in [3.63, 3.8) is 0 Å². The van der Waals surface area contributed by atoms with Gasteiger partial charge in [0.25, 0.3) is 0 Å². The van der Waals surface area contributed by atoms with Gasteiger partial charge in [-0.25, -0.2) is 4.57 Å². The van der Waals surface area contributed by atoms with Crippen LogP contribution in [0, 0.1) is 0 Å². The molecule has 0 radical (unpaired) electrons. The quantitative estimate of drug-likeness (QED) is 0.461. The Kier molecular flexibility index (Phi) is 7.95. The van der Waals surface area contributed by atoms with Gasteiger partial charge < -0.3 is 0 Å². The zero-order chi connectivity index (χ0) is 12.1. The van der Waals surface area contributed by atoms with Gasteiger partial charge in [-0.05, 0) is 29.8 Å². The van der Waals surface area contributed by atoms with Gasteiger partial charge in [0.1, 0.15) is 0 Å². The third-order valence-electron chi connectivity index (χ3n) is 1.05. The molecule has 15 heavy (non-hydrogen) atoms. The third-order valence-corrected chi connectivity index (χ3v) is 5.79. The Morgan fingerprint density at radius 1 is 1.33 bits per heavy atom. The molecule has 0 rings (SSSR count). The number of phosphoric acid groups is 1. The van der Waals surface area contributed by atoms with Gasteiger partial charge in [0.05, 0.1) is 13.2 Å². The van der Waals surface area contributed by atoms with Crippen LogP contribution in [0.5, 0.6) is 0 Å². The molecule has 0 spiro atoms. The molecule has 0 aliphatic rings. The first-order valence-corrected chi connectivity index (χ1v) is 7.96. The van der Waals surface area contributed by atoms with E-state index in [-0.39, 0.29) is 13.2 Å². The molecule has 1 atom stereocenters. The molecule has 1 unspecified atom stereocenters. The van der Waals surface area contributed by atoms with Crippen LogP contribution in [-0.2, 0) is 18.1 Å². The molecule has 0 aliphatic carbocycles. The number of phosphoric ester groups is 1. The van der Waals surface area contributed by atoms with Crippen LogP contribution in [0.4, 0.5) is 0 Å². The highest BCUT2D eigenvalue weighted by molar-refractivity contribution is 9.13. The van der Waals surface area contributed by atoms with E-state index < -0.39 is 16.1 Å². The van der Waals surface area contributed by atoms with Gasteiger partial charge >= 0.3 is 7.82 Å².